The van der Waals surface area contributed by atoms with Gasteiger partial charge in [-0.2, -0.15) is 0 Å². The highest BCUT2D eigenvalue weighted by atomic mass is 32.2. The predicted molar refractivity (Wildman–Crippen MR) is 56.6 cm³/mol. The molecule has 3 N–H and O–H groups in total. The number of primary amides is 1. The lowest BCUT2D eigenvalue weighted by Crippen LogP contribution is -2.29. The van der Waals surface area contributed by atoms with Crippen molar-refractivity contribution in [3.8, 4) is 0 Å². The lowest BCUT2D eigenvalue weighted by atomic mass is 10.2. The number of nitrogens with one attached hydrogen (secondary N) is 1. The summed E-state index contributed by atoms with van der Waals surface area (Å²) in [5.41, 5.74) is 5.07. The molecule has 1 aromatic carbocycles. The Morgan fingerprint density at radius 2 is 2.18 bits per heavy atom. The van der Waals surface area contributed by atoms with Crippen molar-refractivity contribution in [2.45, 2.75) is 11.8 Å². The highest BCUT2D eigenvalue weighted by molar-refractivity contribution is 7.89. The molecule has 8 heteroatoms. The number of sulfonamides is 1. The van der Waals surface area contributed by atoms with E-state index in [1.54, 1.807) is 4.89 Å². The van der Waals surface area contributed by atoms with Crippen molar-refractivity contribution in [3.05, 3.63) is 29.6 Å². The fourth-order valence-electron chi connectivity index (χ4n) is 0.967. The van der Waals surface area contributed by atoms with Gasteiger partial charge in [0.25, 0.3) is 10.0 Å². The molecule has 0 spiro atoms. The number of hydrogen-bond acceptors (Lipinski definition) is 4. The summed E-state index contributed by atoms with van der Waals surface area (Å²) < 4.78 is 36.2. The zero-order chi connectivity index (χ0) is 13.1. The van der Waals surface area contributed by atoms with E-state index in [9.17, 15) is 17.6 Å². The number of aryl methyl sites for hydroxylation is 1. The van der Waals surface area contributed by atoms with Gasteiger partial charge in [0.05, 0.1) is 4.90 Å². The molecule has 0 radical (unpaired) electrons. The van der Waals surface area contributed by atoms with Crippen molar-refractivity contribution < 1.29 is 22.4 Å². The molecule has 0 aliphatic rings. The fraction of sp³-hybridized carbons (Fsp3) is 0.222. The molecule has 0 aromatic heterocycles. The second-order valence-electron chi connectivity index (χ2n) is 3.25. The molecule has 0 aliphatic carbocycles. The van der Waals surface area contributed by atoms with Crippen LogP contribution in [0.2, 0.25) is 0 Å². The molecule has 94 valence electrons. The third kappa shape index (κ3) is 3.77. The number of carbonyl (C=O) groups excluding carboxylic acids is 1. The maximum atomic E-state index is 13.2. The second kappa shape index (κ2) is 5.21. The first kappa shape index (κ1) is 13.6. The third-order valence-electron chi connectivity index (χ3n) is 1.84. The summed E-state index contributed by atoms with van der Waals surface area (Å²) in [6, 6.07) is 3.39. The van der Waals surface area contributed by atoms with E-state index in [1.807, 2.05) is 0 Å². The van der Waals surface area contributed by atoms with E-state index in [2.05, 4.69) is 4.84 Å². The Balaban J connectivity index is 2.82. The molecule has 0 saturated carbocycles. The van der Waals surface area contributed by atoms with Crippen LogP contribution in [0, 0.1) is 12.7 Å². The lowest BCUT2D eigenvalue weighted by Gasteiger charge is -2.06. The van der Waals surface area contributed by atoms with Gasteiger partial charge in [0.1, 0.15) is 12.4 Å². The maximum Gasteiger partial charge on any atom is 0.262 e. The van der Waals surface area contributed by atoms with E-state index >= 15 is 0 Å². The molecule has 0 saturated heterocycles. The number of amides is 1. The number of halogens is 1. The van der Waals surface area contributed by atoms with Crippen LogP contribution >= 0.6 is 0 Å². The normalized spacial score (nSPS) is 11.4. The van der Waals surface area contributed by atoms with Crippen molar-refractivity contribution in [1.82, 2.24) is 4.89 Å². The van der Waals surface area contributed by atoms with Gasteiger partial charge in [-0.15, -0.1) is 0 Å². The second-order valence-corrected chi connectivity index (χ2v) is 4.90. The van der Waals surface area contributed by atoms with E-state index in [-0.39, 0.29) is 4.90 Å². The van der Waals surface area contributed by atoms with Crippen LogP contribution in [0.5, 0.6) is 0 Å². The summed E-state index contributed by atoms with van der Waals surface area (Å²) in [6.45, 7) is 0.899. The zero-order valence-corrected chi connectivity index (χ0v) is 9.75. The molecule has 0 atom stereocenters. The molecule has 0 bridgehead atoms. The van der Waals surface area contributed by atoms with E-state index < -0.39 is 28.4 Å². The minimum absolute atomic E-state index is 0.301. The van der Waals surface area contributed by atoms with Crippen LogP contribution in [0.25, 0.3) is 0 Å². The van der Waals surface area contributed by atoms with Crippen LogP contribution in [0.4, 0.5) is 4.39 Å². The Bertz CT molecular complexity index is 530. The van der Waals surface area contributed by atoms with Crippen LogP contribution in [-0.4, -0.2) is 20.9 Å². The topological polar surface area (TPSA) is 98.5 Å². The van der Waals surface area contributed by atoms with Gasteiger partial charge in [0, 0.05) is 0 Å². The third-order valence-corrected chi connectivity index (χ3v) is 3.05. The Morgan fingerprint density at radius 3 is 2.71 bits per heavy atom. The molecule has 0 aliphatic heterocycles. The molecule has 0 unspecified atom stereocenters. The van der Waals surface area contributed by atoms with Crippen molar-refractivity contribution in [2.75, 3.05) is 6.61 Å². The van der Waals surface area contributed by atoms with Gasteiger partial charge in [-0.1, -0.05) is 11.0 Å². The summed E-state index contributed by atoms with van der Waals surface area (Å²) in [5, 5.41) is 0. The number of benzene rings is 1. The average molecular weight is 262 g/mol. The van der Waals surface area contributed by atoms with Crippen LogP contribution in [0.15, 0.2) is 23.1 Å². The first-order chi connectivity index (χ1) is 7.83. The van der Waals surface area contributed by atoms with Crippen molar-refractivity contribution in [1.29, 1.82) is 0 Å². The molecule has 6 nitrogen and oxygen atoms in total. The molecule has 0 heterocycles. The van der Waals surface area contributed by atoms with Gasteiger partial charge in [-0.05, 0) is 24.6 Å². The Morgan fingerprint density at radius 1 is 1.53 bits per heavy atom. The quantitative estimate of drug-likeness (QED) is 0.720. The van der Waals surface area contributed by atoms with Gasteiger partial charge in [-0.25, -0.2) is 12.8 Å². The highest BCUT2D eigenvalue weighted by Crippen LogP contribution is 2.13. The van der Waals surface area contributed by atoms with E-state index in [1.165, 1.54) is 19.1 Å². The standard InChI is InChI=1S/C9H11FN2O4S/c1-6-2-3-7(4-8(6)10)17(14,15)12-16-5-9(11)13/h2-4,12H,5H2,1H3,(H2,11,13). The predicted octanol–water partition coefficient (Wildman–Crippen LogP) is -0.171. The van der Waals surface area contributed by atoms with Gasteiger partial charge in [0.15, 0.2) is 0 Å². The number of hydrogen-bond donors (Lipinski definition) is 2. The van der Waals surface area contributed by atoms with Gasteiger partial charge in [-0.3, -0.25) is 9.63 Å². The number of rotatable bonds is 5. The smallest absolute Gasteiger partial charge is 0.262 e. The maximum absolute atomic E-state index is 13.2. The lowest BCUT2D eigenvalue weighted by molar-refractivity contribution is -0.123. The van der Waals surface area contributed by atoms with Gasteiger partial charge in [0.2, 0.25) is 5.91 Å². The van der Waals surface area contributed by atoms with Crippen molar-refractivity contribution >= 4 is 15.9 Å². The Kier molecular flexibility index (Phi) is 4.16. The molecule has 1 aromatic rings. The largest absolute Gasteiger partial charge is 0.368 e. The van der Waals surface area contributed by atoms with Crippen LogP contribution in [0.1, 0.15) is 5.56 Å². The monoisotopic (exact) mass is 262 g/mol. The van der Waals surface area contributed by atoms with E-state index in [0.717, 1.165) is 6.07 Å². The van der Waals surface area contributed by atoms with Crippen molar-refractivity contribution in [3.63, 3.8) is 0 Å². The van der Waals surface area contributed by atoms with Crippen molar-refractivity contribution in [2.24, 2.45) is 5.73 Å². The van der Waals surface area contributed by atoms with E-state index in [0.29, 0.717) is 5.56 Å². The number of carbonyl (C=O) groups is 1. The van der Waals surface area contributed by atoms with Crippen LogP contribution in [-0.2, 0) is 19.7 Å². The Labute approximate surface area is 97.6 Å². The SMILES string of the molecule is Cc1ccc(S(=O)(=O)NOCC(N)=O)cc1F. The van der Waals surface area contributed by atoms with E-state index in [4.69, 9.17) is 5.73 Å². The Hall–Kier alpha value is -1.51. The molecule has 17 heavy (non-hydrogen) atoms. The number of nitrogens with two attached hydrogens (primary N) is 1. The average Bonchev–Trinajstić information content (AvgIpc) is 2.21. The molecule has 1 rings (SSSR count). The first-order valence-electron chi connectivity index (χ1n) is 4.51. The highest BCUT2D eigenvalue weighted by Gasteiger charge is 2.15. The summed E-state index contributed by atoms with van der Waals surface area (Å²) in [4.78, 5) is 16.0. The summed E-state index contributed by atoms with van der Waals surface area (Å²) in [5.74, 6) is -1.48. The summed E-state index contributed by atoms with van der Waals surface area (Å²) in [6.07, 6.45) is 0. The van der Waals surface area contributed by atoms with Gasteiger partial charge < -0.3 is 5.73 Å². The van der Waals surface area contributed by atoms with Crippen LogP contribution < -0.4 is 10.6 Å². The molecule has 0 fully saturated rings. The zero-order valence-electron chi connectivity index (χ0n) is 8.94. The molecule has 1 amide bonds. The summed E-state index contributed by atoms with van der Waals surface area (Å²) in [7, 11) is -4.02. The van der Waals surface area contributed by atoms with Crippen LogP contribution in [0.3, 0.4) is 0 Å². The molecular weight excluding hydrogens is 251 g/mol. The minimum atomic E-state index is -4.02. The minimum Gasteiger partial charge on any atom is -0.368 e. The fourth-order valence-corrected chi connectivity index (χ4v) is 1.78. The van der Waals surface area contributed by atoms with Gasteiger partial charge >= 0.3 is 0 Å². The first-order valence-corrected chi connectivity index (χ1v) is 5.99. The molecular formula is C9H11FN2O4S. The summed E-state index contributed by atoms with van der Waals surface area (Å²) >= 11 is 0.